The number of hydrogen-bond acceptors (Lipinski definition) is 5. The Hall–Kier alpha value is -2.21. The van der Waals surface area contributed by atoms with E-state index >= 15 is 0 Å². The lowest BCUT2D eigenvalue weighted by atomic mass is 10.0. The van der Waals surface area contributed by atoms with Crippen molar-refractivity contribution in [1.82, 2.24) is 14.9 Å². The van der Waals surface area contributed by atoms with Gasteiger partial charge in [-0.15, -0.1) is 0 Å². The van der Waals surface area contributed by atoms with Crippen molar-refractivity contribution >= 4 is 17.3 Å². The number of carbonyl (C=O) groups is 1. The molecule has 1 fully saturated rings. The van der Waals surface area contributed by atoms with Crippen LogP contribution in [-0.2, 0) is 16.0 Å². The Morgan fingerprint density at radius 2 is 2.36 bits per heavy atom. The summed E-state index contributed by atoms with van der Waals surface area (Å²) in [6.45, 7) is 4.09. The van der Waals surface area contributed by atoms with Crippen LogP contribution < -0.4 is 5.32 Å². The number of nitrogens with zero attached hydrogens (tertiary/aromatic N) is 3. The van der Waals surface area contributed by atoms with Gasteiger partial charge in [-0.1, -0.05) is 12.2 Å². The SMILES string of the molecule is C/C=C/C(=O)N1CCC[C@@H](Nc2ncnc3c2C(CCOC)=CC3)C1. The number of rotatable bonds is 6. The van der Waals surface area contributed by atoms with E-state index in [2.05, 4.69) is 21.4 Å². The zero-order chi connectivity index (χ0) is 17.6. The van der Waals surface area contributed by atoms with Gasteiger partial charge >= 0.3 is 0 Å². The number of anilines is 1. The number of piperidine rings is 1. The maximum Gasteiger partial charge on any atom is 0.246 e. The predicted molar refractivity (Wildman–Crippen MR) is 98.2 cm³/mol. The molecule has 0 unspecified atom stereocenters. The summed E-state index contributed by atoms with van der Waals surface area (Å²) in [5.41, 5.74) is 3.44. The zero-order valence-corrected chi connectivity index (χ0v) is 15.0. The van der Waals surface area contributed by atoms with Gasteiger partial charge in [0.05, 0.1) is 12.3 Å². The van der Waals surface area contributed by atoms with Crippen LogP contribution >= 0.6 is 0 Å². The van der Waals surface area contributed by atoms with Crippen LogP contribution in [0.25, 0.3) is 5.57 Å². The van der Waals surface area contributed by atoms with Crippen LogP contribution in [-0.4, -0.2) is 53.6 Å². The normalized spacial score (nSPS) is 19.8. The van der Waals surface area contributed by atoms with Crippen molar-refractivity contribution in [3.8, 4) is 0 Å². The van der Waals surface area contributed by atoms with Crippen LogP contribution in [0.2, 0.25) is 0 Å². The molecule has 6 heteroatoms. The fourth-order valence-electron chi connectivity index (χ4n) is 3.52. The van der Waals surface area contributed by atoms with Crippen LogP contribution in [0.3, 0.4) is 0 Å². The third-order valence-corrected chi connectivity index (χ3v) is 4.75. The highest BCUT2D eigenvalue weighted by Gasteiger charge is 2.25. The third-order valence-electron chi connectivity index (χ3n) is 4.75. The Labute approximate surface area is 149 Å². The van der Waals surface area contributed by atoms with Gasteiger partial charge < -0.3 is 15.0 Å². The number of carbonyl (C=O) groups excluding carboxylic acids is 1. The molecule has 0 aromatic carbocycles. The minimum Gasteiger partial charge on any atom is -0.384 e. The van der Waals surface area contributed by atoms with Gasteiger partial charge in [-0.2, -0.15) is 0 Å². The zero-order valence-electron chi connectivity index (χ0n) is 15.0. The molecule has 2 aliphatic rings. The minimum absolute atomic E-state index is 0.0857. The Morgan fingerprint density at radius 1 is 1.48 bits per heavy atom. The number of nitrogens with one attached hydrogen (secondary N) is 1. The number of amides is 1. The summed E-state index contributed by atoms with van der Waals surface area (Å²) in [6, 6.07) is 0.214. The number of hydrogen-bond donors (Lipinski definition) is 1. The number of allylic oxidation sites excluding steroid dienone is 2. The molecule has 1 atom stereocenters. The van der Waals surface area contributed by atoms with Gasteiger partial charge in [-0.3, -0.25) is 4.79 Å². The van der Waals surface area contributed by atoms with Crippen LogP contribution in [0, 0.1) is 0 Å². The highest BCUT2D eigenvalue weighted by Crippen LogP contribution is 2.33. The van der Waals surface area contributed by atoms with E-state index in [4.69, 9.17) is 4.74 Å². The predicted octanol–water partition coefficient (Wildman–Crippen LogP) is 2.43. The summed E-state index contributed by atoms with van der Waals surface area (Å²) >= 11 is 0. The second kappa shape index (κ2) is 8.25. The molecule has 1 saturated heterocycles. The van der Waals surface area contributed by atoms with Crippen LogP contribution in [0.4, 0.5) is 5.82 Å². The molecule has 1 aliphatic heterocycles. The highest BCUT2D eigenvalue weighted by atomic mass is 16.5. The van der Waals surface area contributed by atoms with Crippen molar-refractivity contribution < 1.29 is 9.53 Å². The molecule has 1 aliphatic carbocycles. The molecule has 6 nitrogen and oxygen atoms in total. The minimum atomic E-state index is 0.0857. The molecular weight excluding hydrogens is 316 g/mol. The first-order chi connectivity index (χ1) is 12.2. The number of methoxy groups -OCH3 is 1. The van der Waals surface area contributed by atoms with Crippen molar-refractivity contribution in [2.24, 2.45) is 0 Å². The molecule has 25 heavy (non-hydrogen) atoms. The molecule has 2 heterocycles. The lowest BCUT2D eigenvalue weighted by Crippen LogP contribution is -2.44. The van der Waals surface area contributed by atoms with Gasteiger partial charge in [0.25, 0.3) is 0 Å². The van der Waals surface area contributed by atoms with Crippen molar-refractivity contribution in [3.05, 3.63) is 35.8 Å². The Bertz CT molecular complexity index is 684. The van der Waals surface area contributed by atoms with E-state index < -0.39 is 0 Å². The van der Waals surface area contributed by atoms with Gasteiger partial charge in [0.1, 0.15) is 12.1 Å². The van der Waals surface area contributed by atoms with Gasteiger partial charge in [0, 0.05) is 38.2 Å². The molecule has 1 aromatic heterocycles. The smallest absolute Gasteiger partial charge is 0.246 e. The fraction of sp³-hybridized carbons (Fsp3) is 0.526. The van der Waals surface area contributed by atoms with Crippen LogP contribution in [0.5, 0.6) is 0 Å². The quantitative estimate of drug-likeness (QED) is 0.804. The van der Waals surface area contributed by atoms with E-state index in [9.17, 15) is 4.79 Å². The first-order valence-corrected chi connectivity index (χ1v) is 8.93. The van der Waals surface area contributed by atoms with Crippen molar-refractivity contribution in [1.29, 1.82) is 0 Å². The van der Waals surface area contributed by atoms with E-state index in [1.165, 1.54) is 5.57 Å². The molecule has 0 spiro atoms. The molecule has 1 N–H and O–H groups in total. The lowest BCUT2D eigenvalue weighted by Gasteiger charge is -2.33. The first kappa shape index (κ1) is 17.6. The number of likely N-dealkylation sites (tertiary alicyclic amines) is 1. The molecule has 1 aromatic rings. The molecule has 0 bridgehead atoms. The van der Waals surface area contributed by atoms with Gasteiger partial charge in [-0.25, -0.2) is 9.97 Å². The summed E-state index contributed by atoms with van der Waals surface area (Å²) in [4.78, 5) is 22.9. The van der Waals surface area contributed by atoms with Crippen molar-refractivity contribution in [2.45, 2.75) is 38.6 Å². The van der Waals surface area contributed by atoms with Crippen molar-refractivity contribution in [3.63, 3.8) is 0 Å². The van der Waals surface area contributed by atoms with Crippen LogP contribution in [0.1, 0.15) is 37.4 Å². The molecule has 134 valence electrons. The van der Waals surface area contributed by atoms with E-state index in [0.29, 0.717) is 13.2 Å². The molecular formula is C19H26N4O2. The topological polar surface area (TPSA) is 67.4 Å². The number of aromatic nitrogens is 2. The Kier molecular flexibility index (Phi) is 5.81. The first-order valence-electron chi connectivity index (χ1n) is 8.93. The standard InChI is InChI=1S/C19H26N4O2/c1-3-5-17(24)23-10-4-6-15(12-23)22-19-18-14(9-11-25-2)7-8-16(18)20-13-21-19/h3,5,7,13,15H,4,6,8-12H2,1-2H3,(H,20,21,22)/b5-3+/t15-/m1/s1. The van der Waals surface area contributed by atoms with Gasteiger partial charge in [0.2, 0.25) is 5.91 Å². The molecule has 0 radical (unpaired) electrons. The second-order valence-electron chi connectivity index (χ2n) is 6.49. The number of ether oxygens (including phenoxy) is 1. The Balaban J connectivity index is 1.72. The Morgan fingerprint density at radius 3 is 3.16 bits per heavy atom. The highest BCUT2D eigenvalue weighted by molar-refractivity contribution is 5.87. The van der Waals surface area contributed by atoms with E-state index in [1.54, 1.807) is 25.6 Å². The van der Waals surface area contributed by atoms with Crippen molar-refractivity contribution in [2.75, 3.05) is 32.1 Å². The number of fused-ring (bicyclic) bond motifs is 1. The van der Waals surface area contributed by atoms with Crippen LogP contribution in [0.15, 0.2) is 24.6 Å². The monoisotopic (exact) mass is 342 g/mol. The van der Waals surface area contributed by atoms with E-state index in [-0.39, 0.29) is 11.9 Å². The molecule has 3 rings (SSSR count). The summed E-state index contributed by atoms with van der Waals surface area (Å²) in [6.07, 6.45) is 11.0. The summed E-state index contributed by atoms with van der Waals surface area (Å²) < 4.78 is 5.22. The third kappa shape index (κ3) is 4.07. The van der Waals surface area contributed by atoms with E-state index in [1.807, 2.05) is 11.8 Å². The van der Waals surface area contributed by atoms with Gasteiger partial charge in [0.15, 0.2) is 0 Å². The molecule has 1 amide bonds. The molecule has 0 saturated carbocycles. The maximum atomic E-state index is 12.1. The second-order valence-corrected chi connectivity index (χ2v) is 6.49. The lowest BCUT2D eigenvalue weighted by molar-refractivity contribution is -0.127. The fourth-order valence-corrected chi connectivity index (χ4v) is 3.52. The summed E-state index contributed by atoms with van der Waals surface area (Å²) in [7, 11) is 1.72. The summed E-state index contributed by atoms with van der Waals surface area (Å²) in [5.74, 6) is 0.970. The average molecular weight is 342 g/mol. The largest absolute Gasteiger partial charge is 0.384 e. The van der Waals surface area contributed by atoms with E-state index in [0.717, 1.165) is 49.3 Å². The van der Waals surface area contributed by atoms with Gasteiger partial charge in [-0.05, 0) is 37.8 Å². The summed E-state index contributed by atoms with van der Waals surface area (Å²) in [5, 5.41) is 3.56. The average Bonchev–Trinajstić information content (AvgIpc) is 3.04. The maximum absolute atomic E-state index is 12.1.